The first-order valence-electron chi connectivity index (χ1n) is 9.73. The Labute approximate surface area is 177 Å². The van der Waals surface area contributed by atoms with E-state index in [4.69, 9.17) is 18.9 Å². The molecule has 0 radical (unpaired) electrons. The molecule has 0 bridgehead atoms. The maximum Gasteiger partial charge on any atom is 0.143 e. The largest absolute Gasteiger partial charge is 0.497 e. The van der Waals surface area contributed by atoms with Crippen molar-refractivity contribution in [1.29, 1.82) is 0 Å². The maximum absolute atomic E-state index is 6.38. The van der Waals surface area contributed by atoms with Crippen LogP contribution in [-0.4, -0.2) is 21.3 Å². The van der Waals surface area contributed by atoms with Crippen LogP contribution < -0.4 is 14.2 Å². The Morgan fingerprint density at radius 2 is 1.07 bits per heavy atom. The molecule has 3 aromatic rings. The zero-order chi connectivity index (χ0) is 20.9. The van der Waals surface area contributed by atoms with Crippen LogP contribution >= 0.6 is 0 Å². The summed E-state index contributed by atoms with van der Waals surface area (Å²) < 4.78 is 22.3. The van der Waals surface area contributed by atoms with E-state index < -0.39 is 0 Å². The van der Waals surface area contributed by atoms with Crippen molar-refractivity contribution in [3.8, 4) is 17.2 Å². The predicted molar refractivity (Wildman–Crippen MR) is 119 cm³/mol. The molecule has 152 valence electrons. The highest BCUT2D eigenvalue weighted by molar-refractivity contribution is 5.84. The average Bonchev–Trinajstić information content (AvgIpc) is 2.84. The van der Waals surface area contributed by atoms with Crippen LogP contribution in [0.3, 0.4) is 0 Å². The van der Waals surface area contributed by atoms with Gasteiger partial charge in [0, 0.05) is 5.56 Å². The molecule has 0 saturated heterocycles. The Balaban J connectivity index is 1.73. The molecule has 0 aromatic heterocycles. The van der Waals surface area contributed by atoms with Gasteiger partial charge in [-0.1, -0.05) is 24.3 Å². The fraction of sp³-hybridized carbons (Fsp3) is 0.154. The smallest absolute Gasteiger partial charge is 0.143 e. The lowest BCUT2D eigenvalue weighted by Crippen LogP contribution is -2.07. The van der Waals surface area contributed by atoms with Gasteiger partial charge in [0.15, 0.2) is 0 Å². The Morgan fingerprint density at radius 3 is 1.57 bits per heavy atom. The molecule has 0 aliphatic carbocycles. The molecular weight excluding hydrogens is 376 g/mol. The topological polar surface area (TPSA) is 36.9 Å². The molecule has 1 atom stereocenters. The van der Waals surface area contributed by atoms with E-state index in [1.54, 1.807) is 21.3 Å². The first-order chi connectivity index (χ1) is 14.7. The van der Waals surface area contributed by atoms with Crippen LogP contribution in [-0.2, 0) is 4.74 Å². The van der Waals surface area contributed by atoms with Gasteiger partial charge >= 0.3 is 0 Å². The van der Waals surface area contributed by atoms with Crippen LogP contribution in [0, 0.1) is 0 Å². The molecule has 0 amide bonds. The fourth-order valence-corrected chi connectivity index (χ4v) is 3.38. The van der Waals surface area contributed by atoms with Gasteiger partial charge < -0.3 is 18.9 Å². The molecule has 0 fully saturated rings. The second-order valence-electron chi connectivity index (χ2n) is 6.90. The summed E-state index contributed by atoms with van der Waals surface area (Å²) in [5, 5.41) is 0. The van der Waals surface area contributed by atoms with Gasteiger partial charge in [-0.05, 0) is 77.4 Å². The van der Waals surface area contributed by atoms with E-state index in [0.29, 0.717) is 0 Å². The third kappa shape index (κ3) is 4.18. The van der Waals surface area contributed by atoms with E-state index in [9.17, 15) is 0 Å². The number of rotatable bonds is 6. The number of allylic oxidation sites excluding steroid dienone is 2. The molecule has 1 unspecified atom stereocenters. The molecule has 0 saturated carbocycles. The molecule has 1 aliphatic rings. The number of benzene rings is 3. The van der Waals surface area contributed by atoms with E-state index in [1.165, 1.54) is 0 Å². The van der Waals surface area contributed by atoms with Crippen LogP contribution in [0.25, 0.3) is 11.3 Å². The Kier molecular flexibility index (Phi) is 5.75. The van der Waals surface area contributed by atoms with E-state index in [0.717, 1.165) is 45.3 Å². The van der Waals surface area contributed by atoms with Gasteiger partial charge in [0.05, 0.1) is 21.3 Å². The van der Waals surface area contributed by atoms with Gasteiger partial charge in [-0.2, -0.15) is 0 Å². The number of hydrogen-bond acceptors (Lipinski definition) is 4. The van der Waals surface area contributed by atoms with Crippen molar-refractivity contribution in [1.82, 2.24) is 0 Å². The lowest BCUT2D eigenvalue weighted by molar-refractivity contribution is 0.213. The van der Waals surface area contributed by atoms with Crippen molar-refractivity contribution in [2.75, 3.05) is 21.3 Å². The molecule has 3 aromatic carbocycles. The Hall–Kier alpha value is -3.66. The highest BCUT2D eigenvalue weighted by Gasteiger charge is 2.20. The molecule has 30 heavy (non-hydrogen) atoms. The summed E-state index contributed by atoms with van der Waals surface area (Å²) in [5.41, 5.74) is 4.24. The van der Waals surface area contributed by atoms with E-state index in [-0.39, 0.29) is 6.10 Å². The summed E-state index contributed by atoms with van der Waals surface area (Å²) in [7, 11) is 5.00. The van der Waals surface area contributed by atoms with Gasteiger partial charge in [0.2, 0.25) is 0 Å². The molecule has 4 nitrogen and oxygen atoms in total. The quantitative estimate of drug-likeness (QED) is 0.516. The van der Waals surface area contributed by atoms with Crippen molar-refractivity contribution in [2.24, 2.45) is 0 Å². The molecule has 0 spiro atoms. The van der Waals surface area contributed by atoms with Crippen molar-refractivity contribution < 1.29 is 18.9 Å². The van der Waals surface area contributed by atoms with Crippen molar-refractivity contribution in [3.05, 3.63) is 102 Å². The lowest BCUT2D eigenvalue weighted by atomic mass is 9.96. The SMILES string of the molecule is COc1ccc(C2=CC(c3ccc(OC)cc3)OC(c3ccc(OC)cc3)=C2)cc1. The number of methoxy groups -OCH3 is 3. The van der Waals surface area contributed by atoms with E-state index >= 15 is 0 Å². The summed E-state index contributed by atoms with van der Waals surface area (Å²) in [6.07, 6.45) is 4.00. The maximum atomic E-state index is 6.38. The van der Waals surface area contributed by atoms with Crippen molar-refractivity contribution >= 4 is 11.3 Å². The minimum Gasteiger partial charge on any atom is -0.497 e. The predicted octanol–water partition coefficient (Wildman–Crippen LogP) is 5.91. The number of ether oxygens (including phenoxy) is 4. The molecule has 1 heterocycles. The molecular formula is C26H24O4. The lowest BCUT2D eigenvalue weighted by Gasteiger charge is -2.25. The van der Waals surface area contributed by atoms with Gasteiger partial charge in [0.1, 0.15) is 29.1 Å². The minimum absolute atomic E-state index is 0.213. The minimum atomic E-state index is -0.213. The Morgan fingerprint density at radius 1 is 0.600 bits per heavy atom. The summed E-state index contributed by atoms with van der Waals surface area (Å²) >= 11 is 0. The fourth-order valence-electron chi connectivity index (χ4n) is 3.38. The van der Waals surface area contributed by atoms with Gasteiger partial charge in [-0.3, -0.25) is 0 Å². The standard InChI is InChI=1S/C26H24O4/c1-27-22-10-4-18(5-11-22)21-16-25(19-6-12-23(28-2)13-7-19)30-26(17-21)20-8-14-24(29-3)15-9-20/h4-17,25H,1-3H3. The Bertz CT molecular complexity index is 1050. The van der Waals surface area contributed by atoms with Crippen LogP contribution in [0.15, 0.2) is 84.9 Å². The highest BCUT2D eigenvalue weighted by Crippen LogP contribution is 2.37. The summed E-state index contributed by atoms with van der Waals surface area (Å²) in [6.45, 7) is 0. The molecule has 4 rings (SSSR count). The van der Waals surface area contributed by atoms with Gasteiger partial charge in [-0.25, -0.2) is 0 Å². The third-order valence-electron chi connectivity index (χ3n) is 5.11. The summed E-state index contributed by atoms with van der Waals surface area (Å²) in [6, 6.07) is 23.9. The molecule has 0 N–H and O–H groups in total. The zero-order valence-corrected chi connectivity index (χ0v) is 17.3. The van der Waals surface area contributed by atoms with E-state index in [1.807, 2.05) is 60.7 Å². The summed E-state index contributed by atoms with van der Waals surface area (Å²) in [5.74, 6) is 3.27. The number of hydrogen-bond donors (Lipinski definition) is 0. The van der Waals surface area contributed by atoms with Crippen molar-refractivity contribution in [3.63, 3.8) is 0 Å². The highest BCUT2D eigenvalue weighted by atomic mass is 16.5. The van der Waals surface area contributed by atoms with Crippen molar-refractivity contribution in [2.45, 2.75) is 6.10 Å². The second kappa shape index (κ2) is 8.78. The van der Waals surface area contributed by atoms with Crippen LogP contribution in [0.1, 0.15) is 22.8 Å². The van der Waals surface area contributed by atoms with Crippen LogP contribution in [0.2, 0.25) is 0 Å². The zero-order valence-electron chi connectivity index (χ0n) is 17.3. The molecule has 1 aliphatic heterocycles. The normalized spacial score (nSPS) is 15.5. The first-order valence-corrected chi connectivity index (χ1v) is 9.73. The molecule has 4 heteroatoms. The third-order valence-corrected chi connectivity index (χ3v) is 5.11. The van der Waals surface area contributed by atoms with E-state index in [2.05, 4.69) is 24.3 Å². The van der Waals surface area contributed by atoms with Gasteiger partial charge in [-0.15, -0.1) is 0 Å². The monoisotopic (exact) mass is 400 g/mol. The summed E-state index contributed by atoms with van der Waals surface area (Å²) in [4.78, 5) is 0. The van der Waals surface area contributed by atoms with Crippen LogP contribution in [0.4, 0.5) is 0 Å². The van der Waals surface area contributed by atoms with Gasteiger partial charge in [0.25, 0.3) is 0 Å². The van der Waals surface area contributed by atoms with Crippen LogP contribution in [0.5, 0.6) is 17.2 Å². The second-order valence-corrected chi connectivity index (χ2v) is 6.90. The average molecular weight is 400 g/mol. The first kappa shape index (κ1) is 19.6.